The first-order valence-corrected chi connectivity index (χ1v) is 20.4. The predicted molar refractivity (Wildman–Crippen MR) is 209 cm³/mol. The maximum atomic E-state index is 13.0. The van der Waals surface area contributed by atoms with Crippen LogP contribution in [0.1, 0.15) is 188 Å². The first kappa shape index (κ1) is 46.8. The monoisotopic (exact) mass is 688 g/mol. The molecule has 49 heavy (non-hydrogen) atoms. The molecule has 6 heteroatoms. The van der Waals surface area contributed by atoms with E-state index in [4.69, 9.17) is 4.74 Å². The van der Waals surface area contributed by atoms with Crippen molar-refractivity contribution in [3.63, 3.8) is 0 Å². The van der Waals surface area contributed by atoms with E-state index in [1.807, 2.05) is 30.4 Å². The van der Waals surface area contributed by atoms with Gasteiger partial charge in [0.05, 0.1) is 25.2 Å². The summed E-state index contributed by atoms with van der Waals surface area (Å²) in [4.78, 5) is 25.8. The van der Waals surface area contributed by atoms with Gasteiger partial charge in [-0.1, -0.05) is 179 Å². The summed E-state index contributed by atoms with van der Waals surface area (Å²) in [7, 11) is 0. The normalized spacial score (nSPS) is 14.0. The quantitative estimate of drug-likeness (QED) is 0.0350. The summed E-state index contributed by atoms with van der Waals surface area (Å²) < 4.78 is 5.84. The number of carbonyl (C=O) groups excluding carboxylic acids is 2. The van der Waals surface area contributed by atoms with Gasteiger partial charge in [-0.3, -0.25) is 9.59 Å². The van der Waals surface area contributed by atoms with Crippen LogP contribution in [0.3, 0.4) is 0 Å². The van der Waals surface area contributed by atoms with Gasteiger partial charge >= 0.3 is 5.97 Å². The summed E-state index contributed by atoms with van der Waals surface area (Å²) in [6, 6.07) is -0.704. The van der Waals surface area contributed by atoms with Gasteiger partial charge in [-0.15, -0.1) is 0 Å². The molecule has 6 nitrogen and oxygen atoms in total. The molecule has 0 spiro atoms. The third kappa shape index (κ3) is 32.8. The van der Waals surface area contributed by atoms with E-state index in [-0.39, 0.29) is 24.9 Å². The van der Waals surface area contributed by atoms with Gasteiger partial charge in [-0.2, -0.15) is 0 Å². The zero-order valence-electron chi connectivity index (χ0n) is 32.1. The summed E-state index contributed by atoms with van der Waals surface area (Å²) in [5, 5.41) is 23.4. The Bertz CT molecular complexity index is 864. The van der Waals surface area contributed by atoms with Crippen LogP contribution in [0, 0.1) is 0 Å². The van der Waals surface area contributed by atoms with Crippen molar-refractivity contribution in [3.8, 4) is 0 Å². The molecule has 3 atom stereocenters. The minimum absolute atomic E-state index is 0.0614. The van der Waals surface area contributed by atoms with Crippen LogP contribution in [0.2, 0.25) is 0 Å². The highest BCUT2D eigenvalue weighted by Crippen LogP contribution is 2.17. The molecule has 0 aliphatic carbocycles. The molecular weight excluding hydrogens is 610 g/mol. The van der Waals surface area contributed by atoms with Gasteiger partial charge < -0.3 is 20.3 Å². The molecule has 0 aromatic heterocycles. The Balaban J connectivity index is 4.63. The van der Waals surface area contributed by atoms with Crippen LogP contribution in [-0.2, 0) is 14.3 Å². The fourth-order valence-corrected chi connectivity index (χ4v) is 5.91. The van der Waals surface area contributed by atoms with Gasteiger partial charge in [0, 0.05) is 6.42 Å². The Labute approximate surface area is 302 Å². The van der Waals surface area contributed by atoms with E-state index in [1.165, 1.54) is 70.6 Å². The number of hydrogen-bond acceptors (Lipinski definition) is 5. The lowest BCUT2D eigenvalue weighted by Gasteiger charge is -2.24. The number of hydrogen-bond donors (Lipinski definition) is 3. The molecule has 0 saturated heterocycles. The Morgan fingerprint density at radius 2 is 1.10 bits per heavy atom. The van der Waals surface area contributed by atoms with E-state index < -0.39 is 18.2 Å². The number of nitrogens with one attached hydrogen (secondary N) is 1. The van der Waals surface area contributed by atoms with Crippen molar-refractivity contribution < 1.29 is 24.5 Å². The van der Waals surface area contributed by atoms with E-state index in [0.29, 0.717) is 19.3 Å². The Morgan fingerprint density at radius 1 is 0.612 bits per heavy atom. The number of ether oxygens (including phenoxy) is 1. The number of allylic oxidation sites excluding steroid dienone is 8. The topological polar surface area (TPSA) is 95.9 Å². The summed E-state index contributed by atoms with van der Waals surface area (Å²) >= 11 is 0. The molecule has 0 saturated carbocycles. The third-order valence-electron chi connectivity index (χ3n) is 9.02. The van der Waals surface area contributed by atoms with Crippen molar-refractivity contribution in [1.29, 1.82) is 0 Å². The van der Waals surface area contributed by atoms with Gasteiger partial charge in [0.15, 0.2) is 0 Å². The van der Waals surface area contributed by atoms with Crippen molar-refractivity contribution in [2.24, 2.45) is 0 Å². The highest BCUT2D eigenvalue weighted by Gasteiger charge is 2.24. The average molecular weight is 688 g/mol. The predicted octanol–water partition coefficient (Wildman–Crippen LogP) is 11.2. The minimum Gasteiger partial charge on any atom is -0.462 e. The van der Waals surface area contributed by atoms with Crippen LogP contribution in [0.25, 0.3) is 0 Å². The zero-order valence-corrected chi connectivity index (χ0v) is 32.1. The molecule has 0 rings (SSSR count). The summed E-state index contributed by atoms with van der Waals surface area (Å²) in [5.74, 6) is -0.528. The van der Waals surface area contributed by atoms with Gasteiger partial charge in [0.2, 0.25) is 5.91 Å². The second kappa shape index (κ2) is 37.1. The van der Waals surface area contributed by atoms with Gasteiger partial charge in [-0.05, 0) is 44.9 Å². The van der Waals surface area contributed by atoms with E-state index in [2.05, 4.69) is 44.3 Å². The maximum absolute atomic E-state index is 13.0. The number of amides is 1. The molecule has 0 aliphatic heterocycles. The van der Waals surface area contributed by atoms with Crippen LogP contribution in [-0.4, -0.2) is 46.9 Å². The van der Waals surface area contributed by atoms with Gasteiger partial charge in [0.1, 0.15) is 6.10 Å². The number of carbonyl (C=O) groups is 2. The number of aliphatic hydroxyl groups excluding tert-OH is 2. The van der Waals surface area contributed by atoms with Crippen molar-refractivity contribution in [2.45, 2.75) is 206 Å². The molecule has 0 radical (unpaired) electrons. The molecule has 0 aromatic carbocycles. The molecule has 3 N–H and O–H groups in total. The molecule has 1 amide bonds. The number of aliphatic hydroxyl groups is 2. The summed E-state index contributed by atoms with van der Waals surface area (Å²) in [6.45, 7) is 6.26. The average Bonchev–Trinajstić information content (AvgIpc) is 3.09. The fourth-order valence-electron chi connectivity index (χ4n) is 5.91. The van der Waals surface area contributed by atoms with E-state index in [9.17, 15) is 19.8 Å². The molecule has 0 aliphatic rings. The summed E-state index contributed by atoms with van der Waals surface area (Å²) in [5.41, 5.74) is 0. The lowest BCUT2D eigenvalue weighted by Crippen LogP contribution is -2.46. The molecule has 0 fully saturated rings. The smallest absolute Gasteiger partial charge is 0.306 e. The second-order valence-electron chi connectivity index (χ2n) is 13.8. The van der Waals surface area contributed by atoms with Crippen molar-refractivity contribution in [1.82, 2.24) is 5.32 Å². The Hall–Kier alpha value is -2.18. The molecule has 0 bridgehead atoms. The number of unbranched alkanes of at least 4 members (excludes halogenated alkanes) is 18. The molecule has 284 valence electrons. The molecule has 0 aromatic rings. The molecular formula is C43H77NO5. The van der Waals surface area contributed by atoms with E-state index >= 15 is 0 Å². The second-order valence-corrected chi connectivity index (χ2v) is 13.8. The van der Waals surface area contributed by atoms with Crippen LogP contribution in [0.15, 0.2) is 48.6 Å². The maximum Gasteiger partial charge on any atom is 0.306 e. The third-order valence-corrected chi connectivity index (χ3v) is 9.02. The number of esters is 1. The largest absolute Gasteiger partial charge is 0.462 e. The van der Waals surface area contributed by atoms with Crippen LogP contribution < -0.4 is 5.32 Å². The SMILES string of the molecule is CC/C=C/C=C/C=C\C=C/CCCCCC(=O)OC(CCCCCCCCCC)CC(=O)NC(CO)C(O)CCCCCCCCCCC. The highest BCUT2D eigenvalue weighted by molar-refractivity contribution is 5.77. The van der Waals surface area contributed by atoms with Gasteiger partial charge in [-0.25, -0.2) is 0 Å². The highest BCUT2D eigenvalue weighted by atomic mass is 16.5. The lowest BCUT2D eigenvalue weighted by molar-refractivity contribution is -0.151. The first-order valence-electron chi connectivity index (χ1n) is 20.4. The van der Waals surface area contributed by atoms with Gasteiger partial charge in [0.25, 0.3) is 0 Å². The standard InChI is InChI=1S/C43H77NO5/c1-4-7-10-13-16-19-20-21-22-24-27-30-33-36-43(48)49-39(34-31-28-25-18-15-12-9-6-3)37-42(47)44-40(38-45)41(46)35-32-29-26-23-17-14-11-8-5-2/h7,10,13,16,19-22,39-41,45-46H,4-6,8-9,11-12,14-15,17-18,23-38H2,1-3H3,(H,44,47)/b10-7+,16-13+,20-19-,22-21-. The Morgan fingerprint density at radius 3 is 1.65 bits per heavy atom. The van der Waals surface area contributed by atoms with E-state index in [1.54, 1.807) is 0 Å². The molecule has 0 heterocycles. The number of rotatable bonds is 35. The fraction of sp³-hybridized carbons (Fsp3) is 0.767. The van der Waals surface area contributed by atoms with Crippen molar-refractivity contribution >= 4 is 11.9 Å². The van der Waals surface area contributed by atoms with Crippen LogP contribution in [0.5, 0.6) is 0 Å². The first-order chi connectivity index (χ1) is 24.0. The summed E-state index contributed by atoms with van der Waals surface area (Å²) in [6.07, 6.45) is 41.8. The van der Waals surface area contributed by atoms with Crippen molar-refractivity contribution in [2.75, 3.05) is 6.61 Å². The Kier molecular flexibility index (Phi) is 35.4. The van der Waals surface area contributed by atoms with Crippen LogP contribution >= 0.6 is 0 Å². The van der Waals surface area contributed by atoms with Crippen molar-refractivity contribution in [3.05, 3.63) is 48.6 Å². The molecule has 3 unspecified atom stereocenters. The zero-order chi connectivity index (χ0) is 36.0. The van der Waals surface area contributed by atoms with Crippen LogP contribution in [0.4, 0.5) is 0 Å². The minimum atomic E-state index is -0.789. The van der Waals surface area contributed by atoms with E-state index in [0.717, 1.165) is 70.6 Å². The lowest BCUT2D eigenvalue weighted by atomic mass is 10.0.